The maximum absolute atomic E-state index is 12.9. The molecule has 0 fully saturated rings. The van der Waals surface area contributed by atoms with Crippen LogP contribution in [0.5, 0.6) is 0 Å². The average molecular weight is 331 g/mol. The monoisotopic (exact) mass is 330 g/mol. The second kappa shape index (κ2) is 5.53. The minimum Gasteiger partial charge on any atom is -0.289 e. The Hall–Kier alpha value is -1.41. The van der Waals surface area contributed by atoms with Crippen molar-refractivity contribution in [3.05, 3.63) is 67.7 Å². The van der Waals surface area contributed by atoms with Gasteiger partial charge in [-0.1, -0.05) is 33.6 Å². The largest absolute Gasteiger partial charge is 0.289 e. The minimum absolute atomic E-state index is 0.0994. The summed E-state index contributed by atoms with van der Waals surface area (Å²) in [5.74, 6) is 0.0994. The van der Waals surface area contributed by atoms with E-state index < -0.39 is 0 Å². The molecular formula is C18H19BrO. The molecule has 2 aromatic rings. The Balaban J connectivity index is 2.68. The zero-order valence-electron chi connectivity index (χ0n) is 12.6. The molecule has 0 heterocycles. The summed E-state index contributed by atoms with van der Waals surface area (Å²) in [6.07, 6.45) is 0. The maximum atomic E-state index is 12.9. The van der Waals surface area contributed by atoms with Crippen molar-refractivity contribution in [1.29, 1.82) is 0 Å². The number of ketones is 1. The SMILES string of the molecule is Cc1ccc(Br)c(C(=O)c2c(C)c(C)cc(C)c2C)c1. The van der Waals surface area contributed by atoms with E-state index in [0.717, 1.165) is 32.3 Å². The summed E-state index contributed by atoms with van der Waals surface area (Å²) in [6, 6.07) is 8.04. The fourth-order valence-electron chi connectivity index (χ4n) is 2.51. The van der Waals surface area contributed by atoms with Crippen molar-refractivity contribution < 1.29 is 4.79 Å². The molecule has 0 amide bonds. The van der Waals surface area contributed by atoms with E-state index in [0.29, 0.717) is 0 Å². The number of hydrogen-bond acceptors (Lipinski definition) is 1. The van der Waals surface area contributed by atoms with Crippen molar-refractivity contribution >= 4 is 21.7 Å². The van der Waals surface area contributed by atoms with Crippen LogP contribution in [0.2, 0.25) is 0 Å². The molecule has 0 aliphatic rings. The van der Waals surface area contributed by atoms with Gasteiger partial charge in [-0.05, 0) is 69.0 Å². The number of benzene rings is 2. The van der Waals surface area contributed by atoms with E-state index in [2.05, 4.69) is 35.8 Å². The lowest BCUT2D eigenvalue weighted by Gasteiger charge is -2.15. The van der Waals surface area contributed by atoms with Crippen molar-refractivity contribution in [3.63, 3.8) is 0 Å². The van der Waals surface area contributed by atoms with Gasteiger partial charge in [0, 0.05) is 15.6 Å². The molecule has 1 nitrogen and oxygen atoms in total. The zero-order chi connectivity index (χ0) is 15.0. The molecule has 20 heavy (non-hydrogen) atoms. The first-order valence-electron chi connectivity index (χ1n) is 6.71. The number of rotatable bonds is 2. The molecule has 0 spiro atoms. The molecule has 2 heteroatoms. The summed E-state index contributed by atoms with van der Waals surface area (Å²) in [4.78, 5) is 12.9. The summed E-state index contributed by atoms with van der Waals surface area (Å²) in [5, 5.41) is 0. The summed E-state index contributed by atoms with van der Waals surface area (Å²) in [7, 11) is 0. The van der Waals surface area contributed by atoms with Crippen LogP contribution in [0.15, 0.2) is 28.7 Å². The van der Waals surface area contributed by atoms with Crippen molar-refractivity contribution in [2.75, 3.05) is 0 Å². The Kier molecular flexibility index (Phi) is 4.14. The molecule has 2 rings (SSSR count). The molecule has 0 aromatic heterocycles. The molecule has 2 aromatic carbocycles. The van der Waals surface area contributed by atoms with Crippen LogP contribution in [0.1, 0.15) is 43.7 Å². The minimum atomic E-state index is 0.0994. The van der Waals surface area contributed by atoms with Crippen molar-refractivity contribution in [2.24, 2.45) is 0 Å². The summed E-state index contributed by atoms with van der Waals surface area (Å²) >= 11 is 3.49. The van der Waals surface area contributed by atoms with Gasteiger partial charge in [-0.15, -0.1) is 0 Å². The molecule has 0 unspecified atom stereocenters. The second-order valence-corrected chi connectivity index (χ2v) is 6.30. The van der Waals surface area contributed by atoms with Gasteiger partial charge in [-0.2, -0.15) is 0 Å². The average Bonchev–Trinajstić information content (AvgIpc) is 2.39. The van der Waals surface area contributed by atoms with E-state index in [1.165, 1.54) is 11.1 Å². The molecule has 0 saturated heterocycles. The molecule has 0 saturated carbocycles. The van der Waals surface area contributed by atoms with E-state index >= 15 is 0 Å². The van der Waals surface area contributed by atoms with Crippen molar-refractivity contribution in [2.45, 2.75) is 34.6 Å². The van der Waals surface area contributed by atoms with Crippen LogP contribution in [0.4, 0.5) is 0 Å². The van der Waals surface area contributed by atoms with E-state index in [4.69, 9.17) is 0 Å². The van der Waals surface area contributed by atoms with Crippen LogP contribution in [-0.2, 0) is 0 Å². The molecule has 0 aliphatic carbocycles. The number of carbonyl (C=O) groups is 1. The number of aryl methyl sites for hydroxylation is 3. The molecular weight excluding hydrogens is 312 g/mol. The Morgan fingerprint density at radius 3 is 2.00 bits per heavy atom. The van der Waals surface area contributed by atoms with Crippen molar-refractivity contribution in [1.82, 2.24) is 0 Å². The van der Waals surface area contributed by atoms with Crippen LogP contribution in [0.3, 0.4) is 0 Å². The summed E-state index contributed by atoms with van der Waals surface area (Å²) in [5.41, 5.74) is 7.16. The predicted molar refractivity (Wildman–Crippen MR) is 87.7 cm³/mol. The van der Waals surface area contributed by atoms with E-state index in [-0.39, 0.29) is 5.78 Å². The molecule has 104 valence electrons. The highest BCUT2D eigenvalue weighted by Crippen LogP contribution is 2.27. The Labute approximate surface area is 129 Å². The third kappa shape index (κ3) is 2.57. The maximum Gasteiger partial charge on any atom is 0.194 e. The third-order valence-corrected chi connectivity index (χ3v) is 4.65. The molecule has 0 aliphatic heterocycles. The highest BCUT2D eigenvalue weighted by molar-refractivity contribution is 9.10. The standard InChI is InChI=1S/C18H19BrO/c1-10-6-7-16(19)15(8-10)18(20)17-13(4)11(2)9-12(3)14(17)5/h6-9H,1-5H3. The van der Waals surface area contributed by atoms with Crippen LogP contribution >= 0.6 is 15.9 Å². The fourth-order valence-corrected chi connectivity index (χ4v) is 2.93. The normalized spacial score (nSPS) is 10.7. The molecule has 0 atom stereocenters. The van der Waals surface area contributed by atoms with Crippen LogP contribution in [0.25, 0.3) is 0 Å². The first-order chi connectivity index (χ1) is 9.32. The first kappa shape index (κ1) is 15.0. The third-order valence-electron chi connectivity index (χ3n) is 3.96. The van der Waals surface area contributed by atoms with Gasteiger partial charge < -0.3 is 0 Å². The topological polar surface area (TPSA) is 17.1 Å². The second-order valence-electron chi connectivity index (χ2n) is 5.45. The quantitative estimate of drug-likeness (QED) is 0.689. The lowest BCUT2D eigenvalue weighted by molar-refractivity contribution is 0.103. The van der Waals surface area contributed by atoms with Gasteiger partial charge in [0.2, 0.25) is 0 Å². The van der Waals surface area contributed by atoms with E-state index in [1.807, 2.05) is 39.0 Å². The van der Waals surface area contributed by atoms with Gasteiger partial charge >= 0.3 is 0 Å². The Bertz CT molecular complexity index is 673. The number of halogens is 1. The van der Waals surface area contributed by atoms with Gasteiger partial charge in [-0.25, -0.2) is 0 Å². The van der Waals surface area contributed by atoms with Gasteiger partial charge in [0.1, 0.15) is 0 Å². The lowest BCUT2D eigenvalue weighted by atomic mass is 9.89. The molecule has 0 bridgehead atoms. The van der Waals surface area contributed by atoms with E-state index in [9.17, 15) is 4.79 Å². The number of carbonyl (C=O) groups excluding carboxylic acids is 1. The smallest absolute Gasteiger partial charge is 0.194 e. The molecule has 0 N–H and O–H groups in total. The summed E-state index contributed by atoms with van der Waals surface area (Å²) < 4.78 is 0.853. The predicted octanol–water partition coefficient (Wildman–Crippen LogP) is 5.22. The van der Waals surface area contributed by atoms with Gasteiger partial charge in [0.15, 0.2) is 5.78 Å². The van der Waals surface area contributed by atoms with Crippen LogP contribution in [-0.4, -0.2) is 5.78 Å². The highest BCUT2D eigenvalue weighted by Gasteiger charge is 2.19. The van der Waals surface area contributed by atoms with Crippen LogP contribution < -0.4 is 0 Å². The van der Waals surface area contributed by atoms with Gasteiger partial charge in [0.05, 0.1) is 0 Å². The molecule has 0 radical (unpaired) electrons. The summed E-state index contributed by atoms with van der Waals surface area (Å²) in [6.45, 7) is 10.2. The lowest BCUT2D eigenvalue weighted by Crippen LogP contribution is -2.10. The number of hydrogen-bond donors (Lipinski definition) is 0. The fraction of sp³-hybridized carbons (Fsp3) is 0.278. The van der Waals surface area contributed by atoms with Gasteiger partial charge in [-0.3, -0.25) is 4.79 Å². The Morgan fingerprint density at radius 1 is 0.900 bits per heavy atom. The zero-order valence-corrected chi connectivity index (χ0v) is 14.2. The van der Waals surface area contributed by atoms with E-state index in [1.54, 1.807) is 0 Å². The highest BCUT2D eigenvalue weighted by atomic mass is 79.9. The van der Waals surface area contributed by atoms with Gasteiger partial charge in [0.25, 0.3) is 0 Å². The Morgan fingerprint density at radius 2 is 1.45 bits per heavy atom. The first-order valence-corrected chi connectivity index (χ1v) is 7.50. The van der Waals surface area contributed by atoms with Crippen LogP contribution in [0, 0.1) is 34.6 Å². The van der Waals surface area contributed by atoms with Crippen molar-refractivity contribution in [3.8, 4) is 0 Å².